The van der Waals surface area contributed by atoms with Gasteiger partial charge in [-0.3, -0.25) is 0 Å². The van der Waals surface area contributed by atoms with Crippen LogP contribution in [0.4, 0.5) is 0 Å². The number of hydrogen-bond donors (Lipinski definition) is 1. The fourth-order valence-electron chi connectivity index (χ4n) is 4.34. The minimum atomic E-state index is -1.14. The van der Waals surface area contributed by atoms with Gasteiger partial charge in [-0.1, -0.05) is 32.9 Å². The van der Waals surface area contributed by atoms with E-state index in [9.17, 15) is 5.11 Å². The molecule has 0 amide bonds. The van der Waals surface area contributed by atoms with Crippen LogP contribution in [0.15, 0.2) is 24.3 Å². The average Bonchev–Trinajstić information content (AvgIpc) is 2.88. The van der Waals surface area contributed by atoms with Crippen LogP contribution in [0, 0.1) is 16.7 Å². The number of benzene rings is 1. The molecule has 1 N–H and O–H groups in total. The molecule has 0 spiro atoms. The minimum Gasteiger partial charge on any atom is -0.493 e. The Balaban J connectivity index is 2.00. The third-order valence-electron chi connectivity index (χ3n) is 5.78. The average molecular weight is 276 g/mol. The van der Waals surface area contributed by atoms with Crippen molar-refractivity contribution in [2.75, 3.05) is 7.11 Å². The molecule has 110 valence electrons. The molecule has 1 aromatic rings. The van der Waals surface area contributed by atoms with Crippen molar-refractivity contribution in [3.8, 4) is 11.5 Å². The first-order chi connectivity index (χ1) is 9.34. The van der Waals surface area contributed by atoms with Crippen LogP contribution in [-0.2, 0) is 0 Å². The normalized spacial score (nSPS) is 38.0. The molecule has 0 aliphatic heterocycles. The molecule has 2 fully saturated rings. The van der Waals surface area contributed by atoms with Gasteiger partial charge in [-0.25, -0.2) is 0 Å². The van der Waals surface area contributed by atoms with Gasteiger partial charge in [0.1, 0.15) is 0 Å². The molecule has 2 bridgehead atoms. The molecule has 1 aromatic carbocycles. The summed E-state index contributed by atoms with van der Waals surface area (Å²) in [5.74, 6) is 0.673. The van der Waals surface area contributed by atoms with Crippen LogP contribution in [0.25, 0.3) is 0 Å². The molecule has 2 saturated carbocycles. The quantitative estimate of drug-likeness (QED) is 0.857. The van der Waals surface area contributed by atoms with E-state index in [4.69, 9.17) is 9.47 Å². The van der Waals surface area contributed by atoms with Crippen LogP contribution in [0.5, 0.6) is 11.5 Å². The van der Waals surface area contributed by atoms with Gasteiger partial charge in [0, 0.05) is 10.8 Å². The van der Waals surface area contributed by atoms with Crippen LogP contribution < -0.4 is 9.47 Å². The number of ether oxygens (including phenoxy) is 2. The molecule has 0 saturated heterocycles. The van der Waals surface area contributed by atoms with E-state index in [0.29, 0.717) is 17.4 Å². The molecule has 3 unspecified atom stereocenters. The minimum absolute atomic E-state index is 0.179. The van der Waals surface area contributed by atoms with Crippen LogP contribution in [0.1, 0.15) is 40.0 Å². The summed E-state index contributed by atoms with van der Waals surface area (Å²) in [6, 6.07) is 7.54. The fourth-order valence-corrected chi connectivity index (χ4v) is 4.34. The molecule has 0 heterocycles. The highest BCUT2D eigenvalue weighted by molar-refractivity contribution is 5.40. The van der Waals surface area contributed by atoms with Gasteiger partial charge >= 0.3 is 0 Å². The molecule has 2 aliphatic carbocycles. The SMILES string of the molecule is COc1ccccc1OC1(O)C2(C)CCC(C2)C1(C)C. The first kappa shape index (κ1) is 13.7. The number of methoxy groups -OCH3 is 1. The van der Waals surface area contributed by atoms with Crippen molar-refractivity contribution >= 4 is 0 Å². The molecule has 3 nitrogen and oxygen atoms in total. The fraction of sp³-hybridized carbons (Fsp3) is 0.647. The summed E-state index contributed by atoms with van der Waals surface area (Å²) in [5, 5.41) is 11.4. The number of hydrogen-bond acceptors (Lipinski definition) is 3. The third kappa shape index (κ3) is 1.56. The highest BCUT2D eigenvalue weighted by Crippen LogP contribution is 2.68. The maximum Gasteiger partial charge on any atom is 0.219 e. The summed E-state index contributed by atoms with van der Waals surface area (Å²) in [7, 11) is 1.62. The highest BCUT2D eigenvalue weighted by atomic mass is 16.6. The van der Waals surface area contributed by atoms with Gasteiger partial charge in [0.2, 0.25) is 5.79 Å². The summed E-state index contributed by atoms with van der Waals surface area (Å²) in [6.07, 6.45) is 3.24. The van der Waals surface area contributed by atoms with E-state index in [0.717, 1.165) is 12.8 Å². The van der Waals surface area contributed by atoms with Crippen LogP contribution in [-0.4, -0.2) is 18.0 Å². The summed E-state index contributed by atoms with van der Waals surface area (Å²) < 4.78 is 11.5. The van der Waals surface area contributed by atoms with E-state index >= 15 is 0 Å². The smallest absolute Gasteiger partial charge is 0.219 e. The first-order valence-corrected chi connectivity index (χ1v) is 7.38. The lowest BCUT2D eigenvalue weighted by Gasteiger charge is -2.49. The van der Waals surface area contributed by atoms with E-state index < -0.39 is 5.79 Å². The predicted molar refractivity (Wildman–Crippen MR) is 77.8 cm³/mol. The molecule has 0 radical (unpaired) electrons. The van der Waals surface area contributed by atoms with Crippen LogP contribution in [0.3, 0.4) is 0 Å². The van der Waals surface area contributed by atoms with E-state index in [1.165, 1.54) is 6.42 Å². The van der Waals surface area contributed by atoms with Crippen LogP contribution >= 0.6 is 0 Å². The second kappa shape index (κ2) is 4.14. The number of aliphatic hydroxyl groups is 1. The Morgan fingerprint density at radius 1 is 1.15 bits per heavy atom. The van der Waals surface area contributed by atoms with Gasteiger partial charge in [0.05, 0.1) is 7.11 Å². The van der Waals surface area contributed by atoms with Crippen molar-refractivity contribution in [1.29, 1.82) is 0 Å². The van der Waals surface area contributed by atoms with Gasteiger partial charge in [0.25, 0.3) is 0 Å². The highest BCUT2D eigenvalue weighted by Gasteiger charge is 2.70. The van der Waals surface area contributed by atoms with Crippen molar-refractivity contribution < 1.29 is 14.6 Å². The van der Waals surface area contributed by atoms with Gasteiger partial charge in [-0.05, 0) is 37.3 Å². The maximum atomic E-state index is 11.4. The van der Waals surface area contributed by atoms with E-state index in [1.54, 1.807) is 7.11 Å². The van der Waals surface area contributed by atoms with E-state index in [1.807, 2.05) is 24.3 Å². The zero-order valence-electron chi connectivity index (χ0n) is 12.8. The molecule has 0 aromatic heterocycles. The largest absolute Gasteiger partial charge is 0.493 e. The molecule has 3 atom stereocenters. The Morgan fingerprint density at radius 2 is 1.80 bits per heavy atom. The Hall–Kier alpha value is -1.22. The Morgan fingerprint density at radius 3 is 2.35 bits per heavy atom. The topological polar surface area (TPSA) is 38.7 Å². The lowest BCUT2D eigenvalue weighted by molar-refractivity contribution is -0.269. The summed E-state index contributed by atoms with van der Waals surface area (Å²) in [5.41, 5.74) is -0.428. The van der Waals surface area contributed by atoms with Gasteiger partial charge in [-0.15, -0.1) is 0 Å². The lowest BCUT2D eigenvalue weighted by Crippen LogP contribution is -2.58. The van der Waals surface area contributed by atoms with Crippen molar-refractivity contribution in [1.82, 2.24) is 0 Å². The number of rotatable bonds is 3. The zero-order chi connectivity index (χ0) is 14.6. The lowest BCUT2D eigenvalue weighted by atomic mass is 9.67. The van der Waals surface area contributed by atoms with Crippen molar-refractivity contribution in [3.05, 3.63) is 24.3 Å². The van der Waals surface area contributed by atoms with Crippen molar-refractivity contribution in [2.24, 2.45) is 16.7 Å². The second-order valence-corrected chi connectivity index (χ2v) is 7.12. The van der Waals surface area contributed by atoms with Gasteiger partial charge in [0.15, 0.2) is 11.5 Å². The molecule has 3 rings (SSSR count). The summed E-state index contributed by atoms with van der Waals surface area (Å²) in [4.78, 5) is 0. The molecular weight excluding hydrogens is 252 g/mol. The molecule has 20 heavy (non-hydrogen) atoms. The molecular formula is C17H24O3. The van der Waals surface area contributed by atoms with E-state index in [2.05, 4.69) is 20.8 Å². The molecule has 2 aliphatic rings. The zero-order valence-corrected chi connectivity index (χ0v) is 12.8. The van der Waals surface area contributed by atoms with Crippen molar-refractivity contribution in [3.63, 3.8) is 0 Å². The van der Waals surface area contributed by atoms with Gasteiger partial charge in [-0.2, -0.15) is 0 Å². The third-order valence-corrected chi connectivity index (χ3v) is 5.78. The monoisotopic (exact) mass is 276 g/mol. The second-order valence-electron chi connectivity index (χ2n) is 7.12. The van der Waals surface area contributed by atoms with Gasteiger partial charge < -0.3 is 14.6 Å². The Kier molecular flexibility index (Phi) is 2.85. The predicted octanol–water partition coefficient (Wildman–Crippen LogP) is 3.61. The van der Waals surface area contributed by atoms with E-state index in [-0.39, 0.29) is 10.8 Å². The first-order valence-electron chi connectivity index (χ1n) is 7.38. The van der Waals surface area contributed by atoms with Crippen LogP contribution in [0.2, 0.25) is 0 Å². The summed E-state index contributed by atoms with van der Waals surface area (Å²) >= 11 is 0. The Labute approximate surface area is 120 Å². The number of fused-ring (bicyclic) bond motifs is 2. The maximum absolute atomic E-state index is 11.4. The van der Waals surface area contributed by atoms with Crippen molar-refractivity contribution in [2.45, 2.75) is 45.8 Å². The standard InChI is InChI=1S/C17H24O3/c1-15(2)12-9-10-16(3,11-12)17(15,18)20-14-8-6-5-7-13(14)19-4/h5-8,12,18H,9-11H2,1-4H3. The number of para-hydroxylation sites is 2. The summed E-state index contributed by atoms with van der Waals surface area (Å²) in [6.45, 7) is 6.39. The molecule has 3 heteroatoms. The Bertz CT molecular complexity index is 518.